The van der Waals surface area contributed by atoms with Crippen LogP contribution in [0.3, 0.4) is 0 Å². The molecule has 0 saturated heterocycles. The highest BCUT2D eigenvalue weighted by molar-refractivity contribution is 7.98. The Morgan fingerprint density at radius 2 is 1.90 bits per heavy atom. The van der Waals surface area contributed by atoms with Crippen LogP contribution in [0.1, 0.15) is 17.2 Å². The summed E-state index contributed by atoms with van der Waals surface area (Å²) in [5.74, 6) is 6.54. The molecular weight excluding hydrogens is 268 g/mol. The van der Waals surface area contributed by atoms with Gasteiger partial charge in [-0.1, -0.05) is 24.0 Å². The summed E-state index contributed by atoms with van der Waals surface area (Å²) in [6, 6.07) is 15.2. The number of aliphatic hydroxyl groups is 1. The molecule has 0 heterocycles. The lowest BCUT2D eigenvalue weighted by Gasteiger charge is -2.05. The van der Waals surface area contributed by atoms with Crippen molar-refractivity contribution in [1.82, 2.24) is 0 Å². The first kappa shape index (κ1) is 14.5. The van der Waals surface area contributed by atoms with Gasteiger partial charge in [0.05, 0.1) is 7.11 Å². The zero-order valence-corrected chi connectivity index (χ0v) is 12.3. The molecule has 0 aliphatic rings. The molecule has 2 aromatic carbocycles. The molecular formula is C17H16O2S. The van der Waals surface area contributed by atoms with Crippen LogP contribution in [0.5, 0.6) is 5.75 Å². The smallest absolute Gasteiger partial charge is 0.140 e. The van der Waals surface area contributed by atoms with E-state index in [1.807, 2.05) is 48.7 Å². The van der Waals surface area contributed by atoms with Gasteiger partial charge in [0, 0.05) is 10.5 Å². The predicted octanol–water partition coefficient (Wildman–Crippen LogP) is 3.50. The molecule has 1 atom stereocenters. The van der Waals surface area contributed by atoms with Crippen LogP contribution in [-0.2, 0) is 0 Å². The molecule has 102 valence electrons. The Hall–Kier alpha value is -1.89. The monoisotopic (exact) mass is 284 g/mol. The fraction of sp³-hybridized carbons (Fsp3) is 0.176. The molecule has 2 rings (SSSR count). The van der Waals surface area contributed by atoms with Gasteiger partial charge in [0.2, 0.25) is 0 Å². The minimum atomic E-state index is -0.815. The van der Waals surface area contributed by atoms with E-state index < -0.39 is 6.10 Å². The Bertz CT molecular complexity index is 623. The maximum Gasteiger partial charge on any atom is 0.140 e. The highest BCUT2D eigenvalue weighted by Crippen LogP contribution is 2.19. The topological polar surface area (TPSA) is 29.5 Å². The lowest BCUT2D eigenvalue weighted by molar-refractivity contribution is 0.238. The highest BCUT2D eigenvalue weighted by atomic mass is 32.2. The first-order valence-electron chi connectivity index (χ1n) is 6.20. The van der Waals surface area contributed by atoms with Gasteiger partial charge >= 0.3 is 0 Å². The molecule has 0 saturated carbocycles. The molecule has 2 aromatic rings. The average molecular weight is 284 g/mol. The molecule has 0 amide bonds. The lowest BCUT2D eigenvalue weighted by Crippen LogP contribution is -1.94. The molecule has 0 fully saturated rings. The van der Waals surface area contributed by atoms with Crippen molar-refractivity contribution in [2.75, 3.05) is 13.4 Å². The van der Waals surface area contributed by atoms with Crippen molar-refractivity contribution in [3.8, 4) is 17.6 Å². The molecule has 3 heteroatoms. The Labute approximate surface area is 123 Å². The van der Waals surface area contributed by atoms with Crippen molar-refractivity contribution < 1.29 is 9.84 Å². The van der Waals surface area contributed by atoms with Crippen molar-refractivity contribution in [3.63, 3.8) is 0 Å². The number of hydrogen-bond acceptors (Lipinski definition) is 3. The number of thioether (sulfide) groups is 1. The summed E-state index contributed by atoms with van der Waals surface area (Å²) < 4.78 is 5.13. The van der Waals surface area contributed by atoms with Gasteiger partial charge < -0.3 is 9.84 Å². The second-order valence-electron chi connectivity index (χ2n) is 4.18. The van der Waals surface area contributed by atoms with Crippen molar-refractivity contribution in [2.45, 2.75) is 11.0 Å². The van der Waals surface area contributed by atoms with E-state index in [1.54, 1.807) is 24.9 Å². The van der Waals surface area contributed by atoms with Gasteiger partial charge in [0.25, 0.3) is 0 Å². The number of aliphatic hydroxyl groups excluding tert-OH is 1. The zero-order valence-electron chi connectivity index (χ0n) is 11.5. The van der Waals surface area contributed by atoms with E-state index in [0.29, 0.717) is 5.75 Å². The zero-order chi connectivity index (χ0) is 14.4. The normalized spacial score (nSPS) is 11.3. The van der Waals surface area contributed by atoms with Gasteiger partial charge in [0.15, 0.2) is 0 Å². The number of ether oxygens (including phenoxy) is 1. The van der Waals surface area contributed by atoms with Crippen molar-refractivity contribution in [3.05, 3.63) is 59.7 Å². The van der Waals surface area contributed by atoms with Gasteiger partial charge in [-0.25, -0.2) is 0 Å². The molecule has 0 aliphatic carbocycles. The van der Waals surface area contributed by atoms with Crippen LogP contribution in [-0.4, -0.2) is 18.5 Å². The van der Waals surface area contributed by atoms with Gasteiger partial charge in [-0.3, -0.25) is 0 Å². The summed E-state index contributed by atoms with van der Waals surface area (Å²) in [6.45, 7) is 0. The number of rotatable bonds is 3. The molecule has 2 nitrogen and oxygen atoms in total. The maximum atomic E-state index is 10.1. The van der Waals surface area contributed by atoms with Crippen LogP contribution in [0.25, 0.3) is 0 Å². The minimum absolute atomic E-state index is 0.715. The Morgan fingerprint density at radius 3 is 2.55 bits per heavy atom. The maximum absolute atomic E-state index is 10.1. The largest absolute Gasteiger partial charge is 0.497 e. The van der Waals surface area contributed by atoms with Crippen LogP contribution in [0.4, 0.5) is 0 Å². The Kier molecular flexibility index (Phi) is 5.11. The molecule has 0 bridgehead atoms. The first-order chi connectivity index (χ1) is 9.72. The third-order valence-electron chi connectivity index (χ3n) is 2.85. The van der Waals surface area contributed by atoms with E-state index in [-0.39, 0.29) is 0 Å². The van der Waals surface area contributed by atoms with Gasteiger partial charge in [-0.2, -0.15) is 0 Å². The van der Waals surface area contributed by atoms with E-state index >= 15 is 0 Å². The molecule has 0 radical (unpaired) electrons. The summed E-state index contributed by atoms with van der Waals surface area (Å²) in [7, 11) is 1.60. The summed E-state index contributed by atoms with van der Waals surface area (Å²) in [6.07, 6.45) is 1.22. The predicted molar refractivity (Wildman–Crippen MR) is 83.1 cm³/mol. The van der Waals surface area contributed by atoms with Crippen LogP contribution < -0.4 is 4.74 Å². The van der Waals surface area contributed by atoms with Crippen molar-refractivity contribution in [1.29, 1.82) is 0 Å². The van der Waals surface area contributed by atoms with E-state index in [1.165, 1.54) is 4.90 Å². The SMILES string of the molecule is COc1cccc(C(O)C#Cc2ccc(SC)cc2)c1. The molecule has 1 unspecified atom stereocenters. The van der Waals surface area contributed by atoms with E-state index in [2.05, 4.69) is 11.8 Å². The van der Waals surface area contributed by atoms with E-state index in [9.17, 15) is 5.11 Å². The van der Waals surface area contributed by atoms with Gasteiger partial charge in [0.1, 0.15) is 11.9 Å². The summed E-state index contributed by atoms with van der Waals surface area (Å²) in [5.41, 5.74) is 1.63. The van der Waals surface area contributed by atoms with Crippen molar-refractivity contribution >= 4 is 11.8 Å². The Morgan fingerprint density at radius 1 is 1.15 bits per heavy atom. The average Bonchev–Trinajstić information content (AvgIpc) is 2.53. The third kappa shape index (κ3) is 3.80. The molecule has 20 heavy (non-hydrogen) atoms. The van der Waals surface area contributed by atoms with E-state index in [4.69, 9.17) is 4.74 Å². The second kappa shape index (κ2) is 7.04. The summed E-state index contributed by atoms with van der Waals surface area (Å²) in [4.78, 5) is 1.20. The molecule has 0 spiro atoms. The van der Waals surface area contributed by atoms with Crippen LogP contribution >= 0.6 is 11.8 Å². The fourth-order valence-electron chi connectivity index (χ4n) is 1.72. The second-order valence-corrected chi connectivity index (χ2v) is 5.06. The Balaban J connectivity index is 2.14. The lowest BCUT2D eigenvalue weighted by atomic mass is 10.1. The minimum Gasteiger partial charge on any atom is -0.497 e. The van der Waals surface area contributed by atoms with E-state index in [0.717, 1.165) is 11.1 Å². The first-order valence-corrected chi connectivity index (χ1v) is 7.43. The quantitative estimate of drug-likeness (QED) is 0.691. The van der Waals surface area contributed by atoms with Crippen LogP contribution in [0, 0.1) is 11.8 Å². The molecule has 0 aromatic heterocycles. The number of methoxy groups -OCH3 is 1. The standard InChI is InChI=1S/C17H16O2S/c1-19-15-5-3-4-14(12-15)17(18)11-8-13-6-9-16(20-2)10-7-13/h3-7,9-10,12,17-18H,1-2H3. The summed E-state index contributed by atoms with van der Waals surface area (Å²) in [5, 5.41) is 10.1. The fourth-order valence-corrected chi connectivity index (χ4v) is 2.13. The van der Waals surface area contributed by atoms with Crippen molar-refractivity contribution in [2.24, 2.45) is 0 Å². The third-order valence-corrected chi connectivity index (χ3v) is 3.60. The van der Waals surface area contributed by atoms with Crippen LogP contribution in [0.2, 0.25) is 0 Å². The highest BCUT2D eigenvalue weighted by Gasteiger charge is 2.04. The molecule has 1 N–H and O–H groups in total. The summed E-state index contributed by atoms with van der Waals surface area (Å²) >= 11 is 1.69. The number of benzene rings is 2. The van der Waals surface area contributed by atoms with Gasteiger partial charge in [-0.05, 0) is 48.2 Å². The number of hydrogen-bond donors (Lipinski definition) is 1. The van der Waals surface area contributed by atoms with Gasteiger partial charge in [-0.15, -0.1) is 11.8 Å². The molecule has 0 aliphatic heterocycles. The van der Waals surface area contributed by atoms with Crippen LogP contribution in [0.15, 0.2) is 53.4 Å².